The monoisotopic (exact) mass is 259 g/mol. The molecule has 2 aromatic rings. The molecule has 0 aliphatic heterocycles. The lowest BCUT2D eigenvalue weighted by Gasteiger charge is -2.05. The Kier molecular flexibility index (Phi) is 3.62. The van der Waals surface area contributed by atoms with Crippen LogP contribution in [-0.2, 0) is 0 Å². The maximum absolute atomic E-state index is 12.0. The highest BCUT2D eigenvalue weighted by Gasteiger charge is 2.10. The first-order chi connectivity index (χ1) is 9.10. The van der Waals surface area contributed by atoms with Crippen molar-refractivity contribution in [2.24, 2.45) is 5.84 Å². The molecular formula is C11H13N7O. The molecule has 8 heteroatoms. The lowest BCUT2D eigenvalue weighted by Crippen LogP contribution is -2.16. The van der Waals surface area contributed by atoms with Crippen molar-refractivity contribution in [3.63, 3.8) is 0 Å². The van der Waals surface area contributed by atoms with Crippen molar-refractivity contribution >= 4 is 17.7 Å². The number of amides is 1. The minimum absolute atomic E-state index is 0.159. The Morgan fingerprint density at radius 2 is 2.05 bits per heavy atom. The molecule has 0 spiro atoms. The maximum atomic E-state index is 12.0. The topological polar surface area (TPSA) is 119 Å². The molecule has 0 unspecified atom stereocenters. The molecule has 2 rings (SSSR count). The predicted octanol–water partition coefficient (Wildman–Crippen LogP) is 0.421. The summed E-state index contributed by atoms with van der Waals surface area (Å²) in [4.78, 5) is 20.0. The van der Waals surface area contributed by atoms with Crippen LogP contribution in [0.25, 0.3) is 0 Å². The van der Waals surface area contributed by atoms with Crippen LogP contribution in [0.2, 0.25) is 0 Å². The first-order valence-corrected chi connectivity index (χ1v) is 5.52. The van der Waals surface area contributed by atoms with Gasteiger partial charge in [-0.3, -0.25) is 10.1 Å². The number of hydrogen-bond donors (Lipinski definition) is 3. The highest BCUT2D eigenvalue weighted by Crippen LogP contribution is 2.08. The van der Waals surface area contributed by atoms with Crippen molar-refractivity contribution in [1.82, 2.24) is 20.2 Å². The number of rotatable bonds is 3. The van der Waals surface area contributed by atoms with Gasteiger partial charge in [0.15, 0.2) is 0 Å². The zero-order valence-corrected chi connectivity index (χ0v) is 10.5. The number of hydrazine groups is 1. The van der Waals surface area contributed by atoms with Crippen molar-refractivity contribution in [3.05, 3.63) is 35.3 Å². The summed E-state index contributed by atoms with van der Waals surface area (Å²) in [6.45, 7) is 3.59. The molecule has 0 aliphatic carbocycles. The van der Waals surface area contributed by atoms with Crippen LogP contribution in [-0.4, -0.2) is 26.1 Å². The van der Waals surface area contributed by atoms with Gasteiger partial charge >= 0.3 is 0 Å². The van der Waals surface area contributed by atoms with Crippen LogP contribution in [0.3, 0.4) is 0 Å². The van der Waals surface area contributed by atoms with Crippen LogP contribution >= 0.6 is 0 Å². The van der Waals surface area contributed by atoms with Gasteiger partial charge in [-0.05, 0) is 26.0 Å². The molecule has 2 heterocycles. The number of nitrogen functional groups attached to an aromatic ring is 1. The summed E-state index contributed by atoms with van der Waals surface area (Å²) in [5, 5.41) is 10.2. The van der Waals surface area contributed by atoms with Crippen LogP contribution in [0, 0.1) is 13.8 Å². The molecule has 0 aliphatic rings. The van der Waals surface area contributed by atoms with E-state index in [9.17, 15) is 4.79 Å². The van der Waals surface area contributed by atoms with Crippen LogP contribution in [0.15, 0.2) is 18.3 Å². The molecule has 19 heavy (non-hydrogen) atoms. The number of carbonyl (C=O) groups is 1. The molecule has 8 nitrogen and oxygen atoms in total. The minimum atomic E-state index is -0.357. The van der Waals surface area contributed by atoms with Gasteiger partial charge in [-0.25, -0.2) is 15.8 Å². The number of nitrogens with zero attached hydrogens (tertiary/aromatic N) is 4. The molecule has 0 radical (unpaired) electrons. The van der Waals surface area contributed by atoms with Gasteiger partial charge < -0.3 is 5.43 Å². The summed E-state index contributed by atoms with van der Waals surface area (Å²) in [7, 11) is 0. The number of aromatic nitrogens is 4. The second-order valence-corrected chi connectivity index (χ2v) is 3.83. The molecule has 98 valence electrons. The zero-order valence-electron chi connectivity index (χ0n) is 10.5. The zero-order chi connectivity index (χ0) is 13.8. The predicted molar refractivity (Wildman–Crippen MR) is 69.3 cm³/mol. The maximum Gasteiger partial charge on any atom is 0.258 e. The molecule has 0 fully saturated rings. The van der Waals surface area contributed by atoms with E-state index >= 15 is 0 Å². The summed E-state index contributed by atoms with van der Waals surface area (Å²) in [6, 6.07) is 3.08. The molecular weight excluding hydrogens is 246 g/mol. The average molecular weight is 259 g/mol. The standard InChI is InChI=1S/C11H13N7O/c1-6-7(2)17-18-11(14-6)15-10(19)8-3-4-13-9(5-8)16-12/h3-5H,12H2,1-2H3,(H,13,16)(H,14,15,18,19). The van der Waals surface area contributed by atoms with Crippen molar-refractivity contribution in [1.29, 1.82) is 0 Å². The second kappa shape index (κ2) is 5.36. The Morgan fingerprint density at radius 1 is 1.26 bits per heavy atom. The third kappa shape index (κ3) is 2.99. The molecule has 1 amide bonds. The van der Waals surface area contributed by atoms with Gasteiger partial charge in [-0.1, -0.05) is 0 Å². The number of nitrogens with one attached hydrogen (secondary N) is 2. The van der Waals surface area contributed by atoms with E-state index in [0.717, 1.165) is 5.69 Å². The second-order valence-electron chi connectivity index (χ2n) is 3.83. The first-order valence-electron chi connectivity index (χ1n) is 5.52. The fourth-order valence-electron chi connectivity index (χ4n) is 1.33. The molecule has 2 aromatic heterocycles. The van der Waals surface area contributed by atoms with Gasteiger partial charge in [-0.15, -0.1) is 5.10 Å². The van der Waals surface area contributed by atoms with Crippen LogP contribution < -0.4 is 16.6 Å². The highest BCUT2D eigenvalue weighted by molar-refractivity contribution is 6.03. The SMILES string of the molecule is Cc1nnc(NC(=O)c2ccnc(NN)c2)nc1C. The van der Waals surface area contributed by atoms with Gasteiger partial charge in [0, 0.05) is 11.8 Å². The van der Waals surface area contributed by atoms with E-state index in [1.807, 2.05) is 0 Å². The summed E-state index contributed by atoms with van der Waals surface area (Å²) in [6.07, 6.45) is 1.48. The van der Waals surface area contributed by atoms with Gasteiger partial charge in [0.25, 0.3) is 5.91 Å². The minimum Gasteiger partial charge on any atom is -0.308 e. The number of aryl methyl sites for hydroxylation is 2. The smallest absolute Gasteiger partial charge is 0.258 e. The number of anilines is 2. The summed E-state index contributed by atoms with van der Waals surface area (Å²) >= 11 is 0. The Morgan fingerprint density at radius 3 is 2.74 bits per heavy atom. The Bertz CT molecular complexity index is 614. The van der Waals surface area contributed by atoms with E-state index < -0.39 is 0 Å². The lowest BCUT2D eigenvalue weighted by atomic mass is 10.2. The normalized spacial score (nSPS) is 10.1. The molecule has 0 atom stereocenters. The quantitative estimate of drug-likeness (QED) is 0.540. The van der Waals surface area contributed by atoms with Crippen molar-refractivity contribution in [3.8, 4) is 0 Å². The molecule has 4 N–H and O–H groups in total. The fourth-order valence-corrected chi connectivity index (χ4v) is 1.33. The number of pyridine rings is 1. The van der Waals surface area contributed by atoms with Crippen LogP contribution in [0.1, 0.15) is 21.7 Å². The van der Waals surface area contributed by atoms with E-state index in [0.29, 0.717) is 17.1 Å². The third-order valence-electron chi connectivity index (χ3n) is 2.49. The number of hydrogen-bond acceptors (Lipinski definition) is 7. The van der Waals surface area contributed by atoms with Crippen LogP contribution in [0.5, 0.6) is 0 Å². The van der Waals surface area contributed by atoms with Gasteiger partial charge in [0.1, 0.15) is 5.82 Å². The Hall–Kier alpha value is -2.61. The van der Waals surface area contributed by atoms with Crippen molar-refractivity contribution < 1.29 is 4.79 Å². The van der Waals surface area contributed by atoms with Crippen molar-refractivity contribution in [2.75, 3.05) is 10.7 Å². The Labute approximate surface area is 109 Å². The van der Waals surface area contributed by atoms with Crippen molar-refractivity contribution in [2.45, 2.75) is 13.8 Å². The van der Waals surface area contributed by atoms with E-state index in [1.54, 1.807) is 19.9 Å². The van der Waals surface area contributed by atoms with Crippen LogP contribution in [0.4, 0.5) is 11.8 Å². The molecule has 0 bridgehead atoms. The summed E-state index contributed by atoms with van der Waals surface area (Å²) in [5.74, 6) is 5.43. The van der Waals surface area contributed by atoms with E-state index in [2.05, 4.69) is 30.9 Å². The third-order valence-corrected chi connectivity index (χ3v) is 2.49. The number of nitrogens with two attached hydrogens (primary N) is 1. The summed E-state index contributed by atoms with van der Waals surface area (Å²) < 4.78 is 0. The fraction of sp³-hybridized carbons (Fsp3) is 0.182. The first kappa shape index (κ1) is 12.8. The summed E-state index contributed by atoms with van der Waals surface area (Å²) in [5.41, 5.74) is 4.19. The van der Waals surface area contributed by atoms with Gasteiger partial charge in [0.05, 0.1) is 11.4 Å². The molecule has 0 aromatic carbocycles. The van der Waals surface area contributed by atoms with Gasteiger partial charge in [0.2, 0.25) is 5.95 Å². The van der Waals surface area contributed by atoms with E-state index in [4.69, 9.17) is 5.84 Å². The lowest BCUT2D eigenvalue weighted by molar-refractivity contribution is 0.102. The van der Waals surface area contributed by atoms with E-state index in [1.165, 1.54) is 12.3 Å². The number of carbonyl (C=O) groups excluding carboxylic acids is 1. The Balaban J connectivity index is 2.18. The molecule has 0 saturated heterocycles. The highest BCUT2D eigenvalue weighted by atomic mass is 16.1. The van der Waals surface area contributed by atoms with E-state index in [-0.39, 0.29) is 11.9 Å². The molecule has 0 saturated carbocycles. The average Bonchev–Trinajstić information content (AvgIpc) is 2.43. The van der Waals surface area contributed by atoms with Gasteiger partial charge in [-0.2, -0.15) is 5.10 Å². The largest absolute Gasteiger partial charge is 0.308 e.